The van der Waals surface area contributed by atoms with Crippen molar-refractivity contribution in [3.8, 4) is 0 Å². The van der Waals surface area contributed by atoms with E-state index in [0.717, 1.165) is 32.6 Å². The highest BCUT2D eigenvalue weighted by molar-refractivity contribution is 8.00. The van der Waals surface area contributed by atoms with Crippen LogP contribution >= 0.6 is 11.8 Å². The number of benzene rings is 4. The Morgan fingerprint density at radius 2 is 1.58 bits per heavy atom. The van der Waals surface area contributed by atoms with E-state index in [-0.39, 0.29) is 16.9 Å². The Morgan fingerprint density at radius 3 is 2.35 bits per heavy atom. The predicted octanol–water partition coefficient (Wildman–Crippen LogP) is 7.40. The molecule has 43 heavy (non-hydrogen) atoms. The van der Waals surface area contributed by atoms with Gasteiger partial charge in [-0.3, -0.25) is 14.4 Å². The lowest BCUT2D eigenvalue weighted by molar-refractivity contribution is -0.116. The Hall–Kier alpha value is -5.08. The van der Waals surface area contributed by atoms with Gasteiger partial charge in [-0.05, 0) is 68.0 Å². The number of H-pyrrole nitrogens is 1. The smallest absolute Gasteiger partial charge is 0.272 e. The van der Waals surface area contributed by atoms with Gasteiger partial charge in [-0.1, -0.05) is 67.1 Å². The van der Waals surface area contributed by atoms with Gasteiger partial charge in [-0.25, -0.2) is 0 Å². The van der Waals surface area contributed by atoms with Gasteiger partial charge in [0.05, 0.1) is 5.25 Å². The Labute approximate surface area is 254 Å². The average Bonchev–Trinajstić information content (AvgIpc) is 3.43. The number of carbonyl (C=O) groups is 3. The van der Waals surface area contributed by atoms with Gasteiger partial charge in [0.25, 0.3) is 11.8 Å². The minimum Gasteiger partial charge on any atom is -0.361 e. The number of para-hydroxylation sites is 1. The van der Waals surface area contributed by atoms with Gasteiger partial charge in [0.2, 0.25) is 5.91 Å². The molecule has 1 atom stereocenters. The van der Waals surface area contributed by atoms with Crippen molar-refractivity contribution < 1.29 is 14.4 Å². The lowest BCUT2D eigenvalue weighted by Gasteiger charge is -2.16. The number of thioether (sulfide) groups is 1. The number of aromatic amines is 1. The van der Waals surface area contributed by atoms with Crippen LogP contribution in [0.5, 0.6) is 0 Å². The third-order valence-electron chi connectivity index (χ3n) is 6.80. The zero-order chi connectivity index (χ0) is 30.2. The molecule has 0 spiro atoms. The maximum absolute atomic E-state index is 13.6. The number of anilines is 2. The average molecular weight is 589 g/mol. The fourth-order valence-corrected chi connectivity index (χ4v) is 5.52. The first-order chi connectivity index (χ1) is 20.9. The fourth-order valence-electron chi connectivity index (χ4n) is 4.50. The Morgan fingerprint density at radius 1 is 0.837 bits per heavy atom. The van der Waals surface area contributed by atoms with E-state index in [1.54, 1.807) is 42.6 Å². The summed E-state index contributed by atoms with van der Waals surface area (Å²) in [7, 11) is 0. The first-order valence-electron chi connectivity index (χ1n) is 14.0. The molecule has 1 aromatic heterocycles. The van der Waals surface area contributed by atoms with E-state index in [9.17, 15) is 14.4 Å². The van der Waals surface area contributed by atoms with Crippen LogP contribution in [0.15, 0.2) is 120 Å². The van der Waals surface area contributed by atoms with E-state index in [2.05, 4.69) is 20.9 Å². The molecule has 0 aliphatic carbocycles. The number of hydrogen-bond donors (Lipinski definition) is 4. The fraction of sp³-hybridized carbons (Fsp3) is 0.114. The van der Waals surface area contributed by atoms with E-state index >= 15 is 0 Å². The van der Waals surface area contributed by atoms with Gasteiger partial charge in [-0.15, -0.1) is 11.8 Å². The summed E-state index contributed by atoms with van der Waals surface area (Å²) >= 11 is 1.43. The van der Waals surface area contributed by atoms with Crippen molar-refractivity contribution in [1.82, 2.24) is 10.3 Å². The number of amides is 3. The molecule has 5 rings (SSSR count). The van der Waals surface area contributed by atoms with Crippen LogP contribution in [0.2, 0.25) is 0 Å². The number of carbonyl (C=O) groups excluding carboxylic acids is 3. The van der Waals surface area contributed by atoms with Gasteiger partial charge in [0, 0.05) is 44.5 Å². The number of aromatic nitrogens is 1. The van der Waals surface area contributed by atoms with E-state index in [0.29, 0.717) is 17.7 Å². The summed E-state index contributed by atoms with van der Waals surface area (Å²) in [5.74, 6) is -0.948. The Bertz CT molecular complexity index is 1780. The SMILES string of the molecule is CCC(Sc1cccc(NC(=O)/C(=C/c2c[nH]c3ccccc23)NC(=O)c2ccccc2)c1)C(=O)Nc1ccc(C)cc1. The van der Waals surface area contributed by atoms with Crippen molar-refractivity contribution in [2.75, 3.05) is 10.6 Å². The lowest BCUT2D eigenvalue weighted by atomic mass is 10.1. The van der Waals surface area contributed by atoms with Gasteiger partial charge in [0.15, 0.2) is 0 Å². The van der Waals surface area contributed by atoms with Crippen LogP contribution in [-0.4, -0.2) is 28.0 Å². The number of rotatable bonds is 10. The lowest BCUT2D eigenvalue weighted by Crippen LogP contribution is -2.30. The molecule has 4 aromatic carbocycles. The first kappa shape index (κ1) is 29.4. The summed E-state index contributed by atoms with van der Waals surface area (Å²) in [6.07, 6.45) is 4.09. The van der Waals surface area contributed by atoms with Crippen LogP contribution < -0.4 is 16.0 Å². The molecular formula is C35H32N4O3S. The molecule has 0 aliphatic heterocycles. The summed E-state index contributed by atoms with van der Waals surface area (Å²) in [5, 5.41) is 9.30. The molecule has 216 valence electrons. The highest BCUT2D eigenvalue weighted by Crippen LogP contribution is 2.29. The van der Waals surface area contributed by atoms with Gasteiger partial charge < -0.3 is 20.9 Å². The second-order valence-corrected chi connectivity index (χ2v) is 11.3. The molecule has 0 radical (unpaired) electrons. The molecule has 0 saturated carbocycles. The second-order valence-electron chi connectivity index (χ2n) is 10.0. The second kappa shape index (κ2) is 13.7. The summed E-state index contributed by atoms with van der Waals surface area (Å²) in [4.78, 5) is 43.7. The van der Waals surface area contributed by atoms with E-state index in [1.807, 2.05) is 86.6 Å². The topological polar surface area (TPSA) is 103 Å². The van der Waals surface area contributed by atoms with Crippen LogP contribution in [0.4, 0.5) is 11.4 Å². The third-order valence-corrected chi connectivity index (χ3v) is 8.16. The zero-order valence-electron chi connectivity index (χ0n) is 23.9. The standard InChI is InChI=1S/C35H32N4O3S/c1-3-32(35(42)37-26-18-16-23(2)17-19-26)43-28-13-9-12-27(21-28)38-34(41)31(39-33(40)24-10-5-4-6-11-24)20-25-22-36-30-15-8-7-14-29(25)30/h4-22,32,36H,3H2,1-2H3,(H,37,42)(H,38,41)(H,39,40)/b31-20-. The molecule has 8 heteroatoms. The van der Waals surface area contributed by atoms with Crippen LogP contribution in [0.3, 0.4) is 0 Å². The van der Waals surface area contributed by atoms with Crippen LogP contribution in [0.25, 0.3) is 17.0 Å². The van der Waals surface area contributed by atoms with Crippen LogP contribution in [0.1, 0.15) is 34.8 Å². The van der Waals surface area contributed by atoms with Crippen molar-refractivity contribution in [1.29, 1.82) is 0 Å². The molecule has 1 unspecified atom stereocenters. The summed E-state index contributed by atoms with van der Waals surface area (Å²) in [5.41, 5.74) is 4.64. The number of fused-ring (bicyclic) bond motifs is 1. The Balaban J connectivity index is 1.34. The number of aryl methyl sites for hydroxylation is 1. The molecule has 1 heterocycles. The summed E-state index contributed by atoms with van der Waals surface area (Å²) in [6.45, 7) is 3.97. The molecular weight excluding hydrogens is 556 g/mol. The van der Waals surface area contributed by atoms with Gasteiger partial charge in [0.1, 0.15) is 5.70 Å². The minimum atomic E-state index is -0.471. The van der Waals surface area contributed by atoms with Crippen molar-refractivity contribution in [2.45, 2.75) is 30.4 Å². The van der Waals surface area contributed by atoms with Crippen LogP contribution in [0, 0.1) is 6.92 Å². The molecule has 0 saturated heterocycles. The van der Waals surface area contributed by atoms with Crippen molar-refractivity contribution in [2.24, 2.45) is 0 Å². The molecule has 5 aromatic rings. The van der Waals surface area contributed by atoms with Crippen molar-refractivity contribution in [3.63, 3.8) is 0 Å². The van der Waals surface area contributed by atoms with E-state index < -0.39 is 11.8 Å². The van der Waals surface area contributed by atoms with Crippen molar-refractivity contribution in [3.05, 3.63) is 132 Å². The zero-order valence-corrected chi connectivity index (χ0v) is 24.7. The largest absolute Gasteiger partial charge is 0.361 e. The molecule has 7 nitrogen and oxygen atoms in total. The molecule has 0 fully saturated rings. The Kier molecular flexibility index (Phi) is 9.39. The van der Waals surface area contributed by atoms with Crippen molar-refractivity contribution >= 4 is 57.8 Å². The number of hydrogen-bond acceptors (Lipinski definition) is 4. The number of nitrogens with one attached hydrogen (secondary N) is 4. The van der Waals surface area contributed by atoms with Crippen LogP contribution in [-0.2, 0) is 9.59 Å². The quantitative estimate of drug-likeness (QED) is 0.101. The molecule has 0 bridgehead atoms. The third kappa shape index (κ3) is 7.61. The first-order valence-corrected chi connectivity index (χ1v) is 14.9. The molecule has 0 aliphatic rings. The normalized spacial score (nSPS) is 12.0. The van der Waals surface area contributed by atoms with Gasteiger partial charge in [-0.2, -0.15) is 0 Å². The van der Waals surface area contributed by atoms with E-state index in [1.165, 1.54) is 11.8 Å². The molecule has 3 amide bonds. The highest BCUT2D eigenvalue weighted by Gasteiger charge is 2.20. The summed E-state index contributed by atoms with van der Waals surface area (Å²) < 4.78 is 0. The monoisotopic (exact) mass is 588 g/mol. The molecule has 4 N–H and O–H groups in total. The minimum absolute atomic E-state index is 0.0848. The predicted molar refractivity (Wildman–Crippen MR) is 175 cm³/mol. The van der Waals surface area contributed by atoms with E-state index in [4.69, 9.17) is 0 Å². The van der Waals surface area contributed by atoms with Gasteiger partial charge >= 0.3 is 0 Å². The summed E-state index contributed by atoms with van der Waals surface area (Å²) in [6, 6.07) is 31.5. The highest BCUT2D eigenvalue weighted by atomic mass is 32.2. The maximum Gasteiger partial charge on any atom is 0.272 e. The maximum atomic E-state index is 13.6.